The van der Waals surface area contributed by atoms with E-state index in [1.807, 2.05) is 25.3 Å². The van der Waals surface area contributed by atoms with Gasteiger partial charge in [0.15, 0.2) is 5.65 Å². The molecule has 1 aliphatic heterocycles. The van der Waals surface area contributed by atoms with Gasteiger partial charge < -0.3 is 14.5 Å². The number of aromatic nitrogens is 5. The summed E-state index contributed by atoms with van der Waals surface area (Å²) in [5, 5.41) is 1.48. The number of allylic oxidation sites excluding steroid dienone is 2. The van der Waals surface area contributed by atoms with E-state index in [0.29, 0.717) is 37.0 Å². The van der Waals surface area contributed by atoms with Crippen LogP contribution in [-0.4, -0.2) is 50.0 Å². The number of nitrogens with zero attached hydrogens (tertiary/aromatic N) is 4. The van der Waals surface area contributed by atoms with Gasteiger partial charge in [0.25, 0.3) is 0 Å². The monoisotopic (exact) mass is 479 g/mol. The molecule has 1 atom stereocenters. The van der Waals surface area contributed by atoms with Crippen LogP contribution in [0, 0.1) is 6.92 Å². The molecule has 0 saturated carbocycles. The third-order valence-electron chi connectivity index (χ3n) is 6.72. The Labute approximate surface area is 201 Å². The minimum atomic E-state index is -0.174. The molecule has 4 aromatic heterocycles. The van der Waals surface area contributed by atoms with Crippen molar-refractivity contribution in [1.29, 1.82) is 0 Å². The van der Waals surface area contributed by atoms with Crippen molar-refractivity contribution in [2.45, 2.75) is 45.3 Å². The van der Waals surface area contributed by atoms with Crippen molar-refractivity contribution in [3.8, 4) is 11.1 Å². The first kappa shape index (κ1) is 21.6. The zero-order valence-corrected chi connectivity index (χ0v) is 19.8. The van der Waals surface area contributed by atoms with Crippen molar-refractivity contribution in [3.05, 3.63) is 51.8 Å². The Morgan fingerprint density at radius 3 is 2.97 bits per heavy atom. The van der Waals surface area contributed by atoms with Gasteiger partial charge in [-0.1, -0.05) is 17.7 Å². The van der Waals surface area contributed by atoms with Crippen LogP contribution in [0.1, 0.15) is 31.4 Å². The molecular weight excluding hydrogens is 454 g/mol. The second kappa shape index (κ2) is 8.69. The van der Waals surface area contributed by atoms with Gasteiger partial charge in [-0.2, -0.15) is 0 Å². The van der Waals surface area contributed by atoms with E-state index < -0.39 is 0 Å². The normalized spacial score (nSPS) is 19.1. The van der Waals surface area contributed by atoms with E-state index in [-0.39, 0.29) is 11.8 Å². The highest BCUT2D eigenvalue weighted by atomic mass is 35.5. The highest BCUT2D eigenvalue weighted by molar-refractivity contribution is 6.35. The minimum absolute atomic E-state index is 0.0800. The van der Waals surface area contributed by atoms with Gasteiger partial charge >= 0.3 is 5.69 Å². The molecule has 0 radical (unpaired) electrons. The molecule has 0 spiro atoms. The molecule has 8 nitrogen and oxygen atoms in total. The van der Waals surface area contributed by atoms with E-state index in [2.05, 4.69) is 16.0 Å². The first-order valence-electron chi connectivity index (χ1n) is 11.7. The number of hydrogen-bond acceptors (Lipinski definition) is 5. The number of rotatable bonds is 4. The predicted octanol–water partition coefficient (Wildman–Crippen LogP) is 4.53. The Morgan fingerprint density at radius 2 is 2.18 bits per heavy atom. The largest absolute Gasteiger partial charge is 0.376 e. The molecule has 1 saturated heterocycles. The Kier molecular flexibility index (Phi) is 5.51. The second-order valence-corrected chi connectivity index (χ2v) is 9.37. The van der Waals surface area contributed by atoms with E-state index in [1.54, 1.807) is 15.3 Å². The van der Waals surface area contributed by atoms with E-state index in [9.17, 15) is 4.79 Å². The van der Waals surface area contributed by atoms with Crippen LogP contribution in [0.2, 0.25) is 5.02 Å². The summed E-state index contributed by atoms with van der Waals surface area (Å²) in [5.74, 6) is 0. The van der Waals surface area contributed by atoms with Crippen molar-refractivity contribution in [2.75, 3.05) is 19.8 Å². The molecular formula is C25H26ClN5O3. The topological polar surface area (TPSA) is 87.0 Å². The van der Waals surface area contributed by atoms with Crippen LogP contribution in [-0.2, 0) is 16.0 Å². The van der Waals surface area contributed by atoms with E-state index in [4.69, 9.17) is 26.1 Å². The molecule has 2 aliphatic rings. The molecule has 6 rings (SSSR count). The molecule has 4 aromatic rings. The standard InChI is InChI=1S/C25H26ClN5O3/c1-15-19(16-9-20-21(26)12-28-23(20)27-11-16)10-22-24(29-15)31(17-5-3-2-4-6-17)25(32)30(22)13-18-14-33-7-8-34-18/h5,9-12,18H,2-4,6-8,13-14H2,1H3,(H,27,28)/t18-/m0/s1. The number of halogens is 1. The van der Waals surface area contributed by atoms with Crippen molar-refractivity contribution in [3.63, 3.8) is 0 Å². The first-order valence-corrected chi connectivity index (χ1v) is 12.1. The number of aryl methyl sites for hydroxylation is 1. The van der Waals surface area contributed by atoms with Crippen molar-refractivity contribution < 1.29 is 9.47 Å². The van der Waals surface area contributed by atoms with Crippen LogP contribution < -0.4 is 5.69 Å². The molecule has 1 aliphatic carbocycles. The summed E-state index contributed by atoms with van der Waals surface area (Å²) in [5.41, 5.74) is 5.81. The molecule has 0 aromatic carbocycles. The number of hydrogen-bond donors (Lipinski definition) is 1. The molecule has 34 heavy (non-hydrogen) atoms. The smallest absolute Gasteiger partial charge is 0.334 e. The number of H-pyrrole nitrogens is 1. The van der Waals surface area contributed by atoms with E-state index in [1.165, 1.54) is 0 Å². The summed E-state index contributed by atoms with van der Waals surface area (Å²) in [6.07, 6.45) is 9.62. The van der Waals surface area contributed by atoms with Crippen molar-refractivity contribution >= 4 is 39.5 Å². The summed E-state index contributed by atoms with van der Waals surface area (Å²) < 4.78 is 15.0. The molecule has 0 unspecified atom stereocenters. The maximum absolute atomic E-state index is 13.7. The van der Waals surface area contributed by atoms with Crippen LogP contribution in [0.3, 0.4) is 0 Å². The summed E-state index contributed by atoms with van der Waals surface area (Å²) in [6, 6.07) is 4.06. The number of imidazole rings is 1. The highest BCUT2D eigenvalue weighted by Gasteiger charge is 2.24. The second-order valence-electron chi connectivity index (χ2n) is 8.96. The quantitative estimate of drug-likeness (QED) is 0.464. The maximum Gasteiger partial charge on any atom is 0.334 e. The summed E-state index contributed by atoms with van der Waals surface area (Å²) >= 11 is 6.34. The van der Waals surface area contributed by atoms with Gasteiger partial charge in [-0.05, 0) is 44.7 Å². The molecule has 5 heterocycles. The number of pyridine rings is 2. The third kappa shape index (κ3) is 3.66. The third-order valence-corrected chi connectivity index (χ3v) is 7.03. The number of aromatic amines is 1. The summed E-state index contributed by atoms with van der Waals surface area (Å²) in [7, 11) is 0. The van der Waals surface area contributed by atoms with Crippen LogP contribution in [0.4, 0.5) is 0 Å². The predicted molar refractivity (Wildman–Crippen MR) is 132 cm³/mol. The Bertz CT molecular complexity index is 1480. The van der Waals surface area contributed by atoms with E-state index in [0.717, 1.165) is 64.8 Å². The molecule has 0 bridgehead atoms. The van der Waals surface area contributed by atoms with Gasteiger partial charge in [0.05, 0.1) is 43.0 Å². The number of ether oxygens (including phenoxy) is 2. The average molecular weight is 480 g/mol. The maximum atomic E-state index is 13.7. The van der Waals surface area contributed by atoms with Crippen LogP contribution in [0.5, 0.6) is 0 Å². The van der Waals surface area contributed by atoms with Crippen molar-refractivity contribution in [1.82, 2.24) is 24.1 Å². The highest BCUT2D eigenvalue weighted by Crippen LogP contribution is 2.32. The zero-order valence-electron chi connectivity index (χ0n) is 19.0. The SMILES string of the molecule is Cc1nc2c(cc1-c1cnc3[nH]cc(Cl)c3c1)n(C[C@H]1COCCO1)c(=O)n2C1=CCCCC1. The fraction of sp³-hybridized carbons (Fsp3) is 0.400. The fourth-order valence-corrected chi connectivity index (χ4v) is 5.17. The fourth-order valence-electron chi connectivity index (χ4n) is 4.98. The summed E-state index contributed by atoms with van der Waals surface area (Å²) in [6.45, 7) is 3.98. The Hall–Kier alpha value is -2.94. The Morgan fingerprint density at radius 1 is 1.26 bits per heavy atom. The minimum Gasteiger partial charge on any atom is -0.376 e. The van der Waals surface area contributed by atoms with Gasteiger partial charge in [0.1, 0.15) is 5.65 Å². The van der Waals surface area contributed by atoms with E-state index >= 15 is 0 Å². The lowest BCUT2D eigenvalue weighted by Gasteiger charge is -2.23. The van der Waals surface area contributed by atoms with Gasteiger partial charge in [-0.3, -0.25) is 4.57 Å². The first-order chi connectivity index (χ1) is 16.6. The van der Waals surface area contributed by atoms with Gasteiger partial charge in [-0.25, -0.2) is 19.3 Å². The molecule has 0 amide bonds. The van der Waals surface area contributed by atoms with Gasteiger partial charge in [-0.15, -0.1) is 0 Å². The summed E-state index contributed by atoms with van der Waals surface area (Å²) in [4.78, 5) is 26.3. The molecule has 9 heteroatoms. The molecule has 1 fully saturated rings. The zero-order chi connectivity index (χ0) is 23.2. The average Bonchev–Trinajstić information content (AvgIpc) is 3.36. The lowest BCUT2D eigenvalue weighted by Crippen LogP contribution is -2.36. The van der Waals surface area contributed by atoms with Crippen molar-refractivity contribution in [2.24, 2.45) is 0 Å². The van der Waals surface area contributed by atoms with Crippen LogP contribution >= 0.6 is 11.6 Å². The number of fused-ring (bicyclic) bond motifs is 2. The Balaban J connectivity index is 1.54. The number of nitrogens with one attached hydrogen (secondary N) is 1. The lowest BCUT2D eigenvalue weighted by molar-refractivity contribution is -0.0935. The molecule has 176 valence electrons. The van der Waals surface area contributed by atoms with Crippen LogP contribution in [0.15, 0.2) is 35.4 Å². The van der Waals surface area contributed by atoms with Gasteiger partial charge in [0, 0.05) is 40.3 Å². The molecule has 1 N–H and O–H groups in total. The van der Waals surface area contributed by atoms with Gasteiger partial charge in [0.2, 0.25) is 0 Å². The van der Waals surface area contributed by atoms with Crippen LogP contribution in [0.25, 0.3) is 39.0 Å². The lowest BCUT2D eigenvalue weighted by atomic mass is 10.0.